The van der Waals surface area contributed by atoms with E-state index in [4.69, 9.17) is 5.73 Å². The minimum Gasteiger partial charge on any atom is -0.335 e. The Hall–Kier alpha value is -0.390. The monoisotopic (exact) mass is 330 g/mol. The van der Waals surface area contributed by atoms with Crippen molar-refractivity contribution in [1.82, 2.24) is 4.90 Å². The highest BCUT2D eigenvalue weighted by Gasteiger charge is 2.27. The standard InChI is InChI=1S/C13H19BrN2OS/c1-2-16(10-5-3-9(15)4-6-10)13(17)11-7-8-12(14)18-11/h7-10H,2-6,15H2,1H3. The molecule has 1 aliphatic carbocycles. The van der Waals surface area contributed by atoms with Crippen LogP contribution in [0.1, 0.15) is 42.3 Å². The van der Waals surface area contributed by atoms with Crippen LogP contribution in [-0.2, 0) is 0 Å². The molecule has 0 spiro atoms. The third-order valence-electron chi connectivity index (χ3n) is 3.57. The van der Waals surface area contributed by atoms with Crippen molar-refractivity contribution >= 4 is 33.2 Å². The second-order valence-corrected chi connectivity index (χ2v) is 7.23. The van der Waals surface area contributed by atoms with Gasteiger partial charge in [-0.1, -0.05) is 0 Å². The molecular formula is C13H19BrN2OS. The zero-order chi connectivity index (χ0) is 13.1. The molecule has 18 heavy (non-hydrogen) atoms. The second-order valence-electron chi connectivity index (χ2n) is 4.76. The van der Waals surface area contributed by atoms with Crippen LogP contribution >= 0.6 is 27.3 Å². The van der Waals surface area contributed by atoms with Gasteiger partial charge in [0.25, 0.3) is 5.91 Å². The van der Waals surface area contributed by atoms with Gasteiger partial charge in [0.1, 0.15) is 0 Å². The van der Waals surface area contributed by atoms with Gasteiger partial charge in [0.2, 0.25) is 0 Å². The summed E-state index contributed by atoms with van der Waals surface area (Å²) in [5.74, 6) is 0.161. The van der Waals surface area contributed by atoms with Crippen LogP contribution in [0.2, 0.25) is 0 Å². The first-order chi connectivity index (χ1) is 8.61. The van der Waals surface area contributed by atoms with E-state index in [9.17, 15) is 4.79 Å². The first-order valence-corrected chi connectivity index (χ1v) is 8.04. The van der Waals surface area contributed by atoms with Crippen molar-refractivity contribution in [3.63, 3.8) is 0 Å². The molecule has 1 amide bonds. The molecule has 1 aromatic rings. The zero-order valence-corrected chi connectivity index (χ0v) is 13.0. The summed E-state index contributed by atoms with van der Waals surface area (Å²) in [5.41, 5.74) is 5.92. The molecular weight excluding hydrogens is 312 g/mol. The van der Waals surface area contributed by atoms with Crippen molar-refractivity contribution in [3.05, 3.63) is 20.8 Å². The zero-order valence-electron chi connectivity index (χ0n) is 10.6. The third kappa shape index (κ3) is 3.13. The van der Waals surface area contributed by atoms with E-state index in [0.717, 1.165) is 40.9 Å². The van der Waals surface area contributed by atoms with Crippen molar-refractivity contribution in [3.8, 4) is 0 Å². The quantitative estimate of drug-likeness (QED) is 0.924. The summed E-state index contributed by atoms with van der Waals surface area (Å²) in [6.07, 6.45) is 4.13. The predicted molar refractivity (Wildman–Crippen MR) is 79.0 cm³/mol. The fourth-order valence-corrected chi connectivity index (χ4v) is 3.89. The van der Waals surface area contributed by atoms with Crippen LogP contribution in [0.15, 0.2) is 15.9 Å². The summed E-state index contributed by atoms with van der Waals surface area (Å²) in [4.78, 5) is 15.3. The smallest absolute Gasteiger partial charge is 0.264 e. The van der Waals surface area contributed by atoms with E-state index in [-0.39, 0.29) is 5.91 Å². The number of amides is 1. The molecule has 2 rings (SSSR count). The average Bonchev–Trinajstić information content (AvgIpc) is 2.79. The Kier molecular flexibility index (Phi) is 4.81. The van der Waals surface area contributed by atoms with Gasteiger partial charge in [0, 0.05) is 18.6 Å². The van der Waals surface area contributed by atoms with Crippen LogP contribution < -0.4 is 5.73 Å². The van der Waals surface area contributed by atoms with E-state index in [1.807, 2.05) is 17.0 Å². The fourth-order valence-electron chi connectivity index (χ4n) is 2.55. The highest BCUT2D eigenvalue weighted by atomic mass is 79.9. The molecule has 2 N–H and O–H groups in total. The molecule has 1 heterocycles. The van der Waals surface area contributed by atoms with Gasteiger partial charge in [-0.3, -0.25) is 4.79 Å². The van der Waals surface area contributed by atoms with Gasteiger partial charge >= 0.3 is 0 Å². The summed E-state index contributed by atoms with van der Waals surface area (Å²) < 4.78 is 1.01. The molecule has 0 atom stereocenters. The topological polar surface area (TPSA) is 46.3 Å². The Bertz CT molecular complexity index is 413. The van der Waals surface area contributed by atoms with Gasteiger partial charge in [0.15, 0.2) is 0 Å². The number of carbonyl (C=O) groups is 1. The predicted octanol–water partition coefficient (Wildman–Crippen LogP) is 3.24. The van der Waals surface area contributed by atoms with Crippen LogP contribution in [0.3, 0.4) is 0 Å². The summed E-state index contributed by atoms with van der Waals surface area (Å²) in [5, 5.41) is 0. The Morgan fingerprint density at radius 3 is 2.61 bits per heavy atom. The van der Waals surface area contributed by atoms with E-state index in [1.165, 1.54) is 11.3 Å². The Labute approximate surface area is 120 Å². The van der Waals surface area contributed by atoms with E-state index in [0.29, 0.717) is 12.1 Å². The molecule has 0 aromatic carbocycles. The minimum absolute atomic E-state index is 0.161. The molecule has 1 aliphatic rings. The van der Waals surface area contributed by atoms with Gasteiger partial charge in [-0.05, 0) is 60.7 Å². The van der Waals surface area contributed by atoms with Crippen molar-refractivity contribution in [2.45, 2.75) is 44.7 Å². The molecule has 3 nitrogen and oxygen atoms in total. The van der Waals surface area contributed by atoms with Gasteiger partial charge in [-0.25, -0.2) is 0 Å². The van der Waals surface area contributed by atoms with Gasteiger partial charge in [0.05, 0.1) is 8.66 Å². The minimum atomic E-state index is 0.161. The van der Waals surface area contributed by atoms with Crippen LogP contribution in [0.4, 0.5) is 0 Å². The van der Waals surface area contributed by atoms with Gasteiger partial charge < -0.3 is 10.6 Å². The lowest BCUT2D eigenvalue weighted by Crippen LogP contribution is -2.43. The van der Waals surface area contributed by atoms with E-state index in [1.54, 1.807) is 0 Å². The summed E-state index contributed by atoms with van der Waals surface area (Å²) in [7, 11) is 0. The number of nitrogens with two attached hydrogens (primary N) is 1. The number of rotatable bonds is 3. The number of halogens is 1. The van der Waals surface area contributed by atoms with Crippen LogP contribution in [0.25, 0.3) is 0 Å². The van der Waals surface area contributed by atoms with Crippen molar-refractivity contribution in [1.29, 1.82) is 0 Å². The lowest BCUT2D eigenvalue weighted by Gasteiger charge is -2.35. The highest BCUT2D eigenvalue weighted by molar-refractivity contribution is 9.11. The number of nitrogens with zero attached hydrogens (tertiary/aromatic N) is 1. The van der Waals surface area contributed by atoms with Crippen LogP contribution in [-0.4, -0.2) is 29.4 Å². The SMILES string of the molecule is CCN(C(=O)c1ccc(Br)s1)C1CCC(N)CC1. The van der Waals surface area contributed by atoms with Crippen LogP contribution in [0.5, 0.6) is 0 Å². The largest absolute Gasteiger partial charge is 0.335 e. The van der Waals surface area contributed by atoms with Crippen molar-refractivity contribution in [2.75, 3.05) is 6.54 Å². The Balaban J connectivity index is 2.06. The van der Waals surface area contributed by atoms with E-state index >= 15 is 0 Å². The maximum atomic E-state index is 12.5. The molecule has 0 unspecified atom stereocenters. The first kappa shape index (κ1) is 14.0. The van der Waals surface area contributed by atoms with Gasteiger partial charge in [-0.2, -0.15) is 0 Å². The molecule has 0 saturated heterocycles. The summed E-state index contributed by atoms with van der Waals surface area (Å²) in [6.45, 7) is 2.82. The number of carbonyl (C=O) groups excluding carboxylic acids is 1. The summed E-state index contributed by atoms with van der Waals surface area (Å²) in [6, 6.07) is 4.52. The number of hydrogen-bond acceptors (Lipinski definition) is 3. The van der Waals surface area contributed by atoms with Gasteiger partial charge in [-0.15, -0.1) is 11.3 Å². The number of thiophene rings is 1. The van der Waals surface area contributed by atoms with E-state index in [2.05, 4.69) is 22.9 Å². The molecule has 100 valence electrons. The lowest BCUT2D eigenvalue weighted by atomic mass is 9.90. The normalized spacial score (nSPS) is 23.9. The molecule has 0 bridgehead atoms. The molecule has 0 aliphatic heterocycles. The summed E-state index contributed by atoms with van der Waals surface area (Å²) >= 11 is 4.91. The first-order valence-electron chi connectivity index (χ1n) is 6.43. The fraction of sp³-hybridized carbons (Fsp3) is 0.615. The van der Waals surface area contributed by atoms with Crippen LogP contribution in [0, 0.1) is 0 Å². The number of hydrogen-bond donors (Lipinski definition) is 1. The second kappa shape index (κ2) is 6.17. The third-order valence-corrected chi connectivity index (χ3v) is 5.18. The Morgan fingerprint density at radius 2 is 2.11 bits per heavy atom. The maximum absolute atomic E-state index is 12.5. The molecule has 1 fully saturated rings. The molecule has 1 saturated carbocycles. The van der Waals surface area contributed by atoms with E-state index < -0.39 is 0 Å². The average molecular weight is 331 g/mol. The highest BCUT2D eigenvalue weighted by Crippen LogP contribution is 2.27. The van der Waals surface area contributed by atoms with Crippen molar-refractivity contribution < 1.29 is 4.79 Å². The molecule has 0 radical (unpaired) electrons. The Morgan fingerprint density at radius 1 is 1.44 bits per heavy atom. The van der Waals surface area contributed by atoms with Crippen molar-refractivity contribution in [2.24, 2.45) is 5.73 Å². The molecule has 5 heteroatoms. The molecule has 1 aromatic heterocycles. The lowest BCUT2D eigenvalue weighted by molar-refractivity contribution is 0.0645. The maximum Gasteiger partial charge on any atom is 0.264 e.